The minimum Gasteiger partial charge on any atom is -0.374 e. The lowest BCUT2D eigenvalue weighted by atomic mass is 10.0. The van der Waals surface area contributed by atoms with Gasteiger partial charge < -0.3 is 15.4 Å². The van der Waals surface area contributed by atoms with Gasteiger partial charge in [0.2, 0.25) is 5.91 Å². The molecule has 2 aromatic carbocycles. The van der Waals surface area contributed by atoms with Crippen molar-refractivity contribution in [1.29, 1.82) is 0 Å². The van der Waals surface area contributed by atoms with Gasteiger partial charge in [0.1, 0.15) is 6.04 Å². The molecule has 0 fully saturated rings. The van der Waals surface area contributed by atoms with Gasteiger partial charge in [0.15, 0.2) is 0 Å². The van der Waals surface area contributed by atoms with E-state index < -0.39 is 11.9 Å². The Labute approximate surface area is 188 Å². The van der Waals surface area contributed by atoms with Gasteiger partial charge in [-0.2, -0.15) is 0 Å². The van der Waals surface area contributed by atoms with Crippen molar-refractivity contribution < 1.29 is 14.3 Å². The Balaban J connectivity index is 2.11. The zero-order valence-electron chi connectivity index (χ0n) is 17.7. The zero-order valence-corrected chi connectivity index (χ0v) is 19.2. The highest BCUT2D eigenvalue weighted by atomic mass is 35.5. The van der Waals surface area contributed by atoms with E-state index in [0.717, 1.165) is 5.56 Å². The van der Waals surface area contributed by atoms with Gasteiger partial charge >= 0.3 is 0 Å². The first-order valence-corrected chi connectivity index (χ1v) is 10.7. The molecule has 0 aromatic heterocycles. The van der Waals surface area contributed by atoms with Gasteiger partial charge in [0, 0.05) is 10.7 Å². The van der Waals surface area contributed by atoms with Crippen LogP contribution in [0.1, 0.15) is 50.0 Å². The van der Waals surface area contributed by atoms with Crippen LogP contribution in [-0.2, 0) is 16.1 Å². The Morgan fingerprint density at radius 1 is 1.03 bits per heavy atom. The van der Waals surface area contributed by atoms with Crippen LogP contribution in [0.15, 0.2) is 42.5 Å². The highest BCUT2D eigenvalue weighted by Crippen LogP contribution is 2.21. The first-order valence-electron chi connectivity index (χ1n) is 9.93. The van der Waals surface area contributed by atoms with Gasteiger partial charge in [0.05, 0.1) is 23.3 Å². The summed E-state index contributed by atoms with van der Waals surface area (Å²) in [4.78, 5) is 25.6. The van der Waals surface area contributed by atoms with Crippen molar-refractivity contribution in [1.82, 2.24) is 5.32 Å². The number of halogens is 2. The number of benzene rings is 2. The van der Waals surface area contributed by atoms with Gasteiger partial charge in [0.25, 0.3) is 5.91 Å². The lowest BCUT2D eigenvalue weighted by molar-refractivity contribution is -0.118. The molecule has 0 heterocycles. The smallest absolute Gasteiger partial charge is 0.253 e. The molecule has 162 valence electrons. The van der Waals surface area contributed by atoms with E-state index in [2.05, 4.69) is 10.6 Å². The Hall–Kier alpha value is -2.08. The largest absolute Gasteiger partial charge is 0.374 e. The van der Waals surface area contributed by atoms with Crippen LogP contribution in [0.5, 0.6) is 0 Å². The number of amides is 2. The maximum absolute atomic E-state index is 12.9. The molecule has 2 aromatic rings. The number of carbonyl (C=O) groups excluding carboxylic acids is 2. The summed E-state index contributed by atoms with van der Waals surface area (Å²) < 4.78 is 5.62. The van der Waals surface area contributed by atoms with Crippen LogP contribution in [0, 0.1) is 5.92 Å². The lowest BCUT2D eigenvalue weighted by Gasteiger charge is -2.21. The van der Waals surface area contributed by atoms with Crippen molar-refractivity contribution in [3.8, 4) is 0 Å². The molecule has 0 saturated heterocycles. The van der Waals surface area contributed by atoms with Crippen molar-refractivity contribution in [2.24, 2.45) is 5.92 Å². The van der Waals surface area contributed by atoms with E-state index in [9.17, 15) is 9.59 Å². The average molecular weight is 451 g/mol. The van der Waals surface area contributed by atoms with E-state index in [0.29, 0.717) is 23.7 Å². The van der Waals surface area contributed by atoms with E-state index in [1.165, 1.54) is 6.07 Å². The second-order valence-corrected chi connectivity index (χ2v) is 8.67. The number of hydrogen-bond donors (Lipinski definition) is 2. The second-order valence-electron chi connectivity index (χ2n) is 7.83. The van der Waals surface area contributed by atoms with Crippen LogP contribution in [0.3, 0.4) is 0 Å². The lowest BCUT2D eigenvalue weighted by Crippen LogP contribution is -2.44. The molecule has 0 spiro atoms. The summed E-state index contributed by atoms with van der Waals surface area (Å²) in [6.07, 6.45) is 0.604. The van der Waals surface area contributed by atoms with Crippen molar-refractivity contribution >= 4 is 40.7 Å². The van der Waals surface area contributed by atoms with Crippen LogP contribution >= 0.6 is 23.2 Å². The molecule has 5 nitrogen and oxygen atoms in total. The van der Waals surface area contributed by atoms with Crippen LogP contribution < -0.4 is 10.6 Å². The number of carbonyl (C=O) groups is 2. The molecule has 0 aliphatic rings. The van der Waals surface area contributed by atoms with E-state index >= 15 is 0 Å². The fourth-order valence-electron chi connectivity index (χ4n) is 2.84. The molecular formula is C23H28Cl2N2O3. The van der Waals surface area contributed by atoms with Crippen LogP contribution in [-0.4, -0.2) is 24.0 Å². The predicted octanol–water partition coefficient (Wildman–Crippen LogP) is 5.70. The average Bonchev–Trinajstić information content (AvgIpc) is 2.65. The molecule has 2 amide bonds. The van der Waals surface area contributed by atoms with Crippen LogP contribution in [0.2, 0.25) is 10.0 Å². The van der Waals surface area contributed by atoms with Crippen molar-refractivity contribution in [3.63, 3.8) is 0 Å². The quantitative estimate of drug-likeness (QED) is 0.514. The summed E-state index contributed by atoms with van der Waals surface area (Å²) in [7, 11) is 0. The minimum absolute atomic E-state index is 0.119. The van der Waals surface area contributed by atoms with E-state index in [1.54, 1.807) is 18.2 Å². The van der Waals surface area contributed by atoms with Crippen molar-refractivity contribution in [2.45, 2.75) is 52.9 Å². The normalized spacial score (nSPS) is 12.1. The first-order chi connectivity index (χ1) is 14.2. The maximum atomic E-state index is 12.9. The standard InChI is InChI=1S/C23H28Cl2N2O3/c1-14(2)10-21(27-22(28)19-9-8-17(24)12-20(19)25)23(29)26-18-7-5-6-16(11-18)13-30-15(3)4/h5-9,11-12,14-15,21H,10,13H2,1-4H3,(H,26,29)(H,27,28). The third kappa shape index (κ3) is 7.63. The highest BCUT2D eigenvalue weighted by Gasteiger charge is 2.24. The monoisotopic (exact) mass is 450 g/mol. The fraction of sp³-hybridized carbons (Fsp3) is 0.391. The molecule has 0 radical (unpaired) electrons. The Kier molecular flexibility index (Phi) is 9.15. The summed E-state index contributed by atoms with van der Waals surface area (Å²) in [5, 5.41) is 6.37. The van der Waals surface area contributed by atoms with E-state index in [1.807, 2.05) is 45.9 Å². The summed E-state index contributed by atoms with van der Waals surface area (Å²) in [5.74, 6) is -0.506. The number of anilines is 1. The summed E-state index contributed by atoms with van der Waals surface area (Å²) >= 11 is 12.0. The van der Waals surface area contributed by atoms with Crippen molar-refractivity contribution in [2.75, 3.05) is 5.32 Å². The number of rotatable bonds is 9. The van der Waals surface area contributed by atoms with Gasteiger partial charge in [-0.15, -0.1) is 0 Å². The Morgan fingerprint density at radius 3 is 2.40 bits per heavy atom. The molecule has 2 N–H and O–H groups in total. The maximum Gasteiger partial charge on any atom is 0.253 e. The summed E-state index contributed by atoms with van der Waals surface area (Å²) in [5.41, 5.74) is 1.88. The minimum atomic E-state index is -0.709. The van der Waals surface area contributed by atoms with Gasteiger partial charge in [-0.3, -0.25) is 9.59 Å². The molecule has 2 rings (SSSR count). The molecule has 7 heteroatoms. The zero-order chi connectivity index (χ0) is 22.3. The van der Waals surface area contributed by atoms with E-state index in [-0.39, 0.29) is 28.5 Å². The molecule has 0 saturated carbocycles. The van der Waals surface area contributed by atoms with Crippen molar-refractivity contribution in [3.05, 3.63) is 63.6 Å². The third-order valence-corrected chi connectivity index (χ3v) is 4.83. The van der Waals surface area contributed by atoms with Gasteiger partial charge in [-0.25, -0.2) is 0 Å². The van der Waals surface area contributed by atoms with Gasteiger partial charge in [-0.1, -0.05) is 49.2 Å². The Bertz CT molecular complexity index is 885. The topological polar surface area (TPSA) is 67.4 Å². The highest BCUT2D eigenvalue weighted by molar-refractivity contribution is 6.36. The molecular weight excluding hydrogens is 423 g/mol. The summed E-state index contributed by atoms with van der Waals surface area (Å²) in [6, 6.07) is 11.4. The molecule has 0 aliphatic carbocycles. The SMILES string of the molecule is CC(C)CC(NC(=O)c1ccc(Cl)cc1Cl)C(=O)Nc1cccc(COC(C)C)c1. The molecule has 30 heavy (non-hydrogen) atoms. The van der Waals surface area contributed by atoms with E-state index in [4.69, 9.17) is 27.9 Å². The fourth-order valence-corrected chi connectivity index (χ4v) is 3.34. The van der Waals surface area contributed by atoms with Crippen LogP contribution in [0.25, 0.3) is 0 Å². The van der Waals surface area contributed by atoms with Crippen LogP contribution in [0.4, 0.5) is 5.69 Å². The molecule has 0 bridgehead atoms. The number of nitrogens with one attached hydrogen (secondary N) is 2. The number of hydrogen-bond acceptors (Lipinski definition) is 3. The second kappa shape index (κ2) is 11.3. The molecule has 0 aliphatic heterocycles. The molecule has 1 atom stereocenters. The first kappa shape index (κ1) is 24.2. The number of ether oxygens (including phenoxy) is 1. The summed E-state index contributed by atoms with van der Waals surface area (Å²) in [6.45, 7) is 8.38. The third-order valence-electron chi connectivity index (χ3n) is 4.28. The van der Waals surface area contributed by atoms with Gasteiger partial charge in [-0.05, 0) is 62.1 Å². The Morgan fingerprint density at radius 2 is 1.77 bits per heavy atom. The molecule has 1 unspecified atom stereocenters. The predicted molar refractivity (Wildman–Crippen MR) is 122 cm³/mol.